The molecule has 1 amide bonds. The maximum atomic E-state index is 12.0. The molecule has 0 fully saturated rings. The van der Waals surface area contributed by atoms with Crippen molar-refractivity contribution in [2.24, 2.45) is 0 Å². The highest BCUT2D eigenvalue weighted by Crippen LogP contribution is 2.14. The van der Waals surface area contributed by atoms with Crippen molar-refractivity contribution in [3.05, 3.63) is 29.8 Å². The van der Waals surface area contributed by atoms with Crippen molar-refractivity contribution >= 4 is 21.9 Å². The van der Waals surface area contributed by atoms with Gasteiger partial charge in [0, 0.05) is 32.6 Å². The van der Waals surface area contributed by atoms with E-state index in [1.165, 1.54) is 45.5 Å². The van der Waals surface area contributed by atoms with E-state index in [1.807, 2.05) is 0 Å². The lowest BCUT2D eigenvalue weighted by atomic mass is 10.2. The number of methoxy groups -OCH3 is 1. The minimum Gasteiger partial charge on any atom is -0.469 e. The molecule has 1 aromatic rings. The molecule has 0 unspecified atom stereocenters. The van der Waals surface area contributed by atoms with Crippen LogP contribution < -0.4 is 5.32 Å². The monoisotopic (exact) mass is 356 g/mol. The minimum absolute atomic E-state index is 0.145. The standard InChI is InChI=1S/C16H24N2O5S/c1-18(2)24(21,22)14-10-8-13(9-11-14)16(20)17-12-6-4-5-7-15(19)23-3/h8-11H,4-7,12H2,1-3H3,(H,17,20). The Bertz CT molecular complexity index is 654. The second-order valence-electron chi connectivity index (χ2n) is 5.45. The number of unbranched alkanes of at least 4 members (excludes halogenated alkanes) is 2. The molecule has 0 aromatic heterocycles. The number of nitrogens with zero attached hydrogens (tertiary/aromatic N) is 1. The first-order chi connectivity index (χ1) is 11.3. The molecule has 0 spiro atoms. The lowest BCUT2D eigenvalue weighted by molar-refractivity contribution is -0.140. The van der Waals surface area contributed by atoms with Gasteiger partial charge in [-0.3, -0.25) is 9.59 Å². The number of sulfonamides is 1. The Labute approximate surface area is 143 Å². The number of hydrogen-bond acceptors (Lipinski definition) is 5. The molecule has 0 aliphatic rings. The number of esters is 1. The van der Waals surface area contributed by atoms with Crippen LogP contribution in [0.1, 0.15) is 36.0 Å². The lowest BCUT2D eigenvalue weighted by Crippen LogP contribution is -2.25. The Kier molecular flexibility index (Phi) is 7.87. The highest BCUT2D eigenvalue weighted by molar-refractivity contribution is 7.89. The van der Waals surface area contributed by atoms with E-state index in [4.69, 9.17) is 0 Å². The molecule has 1 aromatic carbocycles. The van der Waals surface area contributed by atoms with Crippen LogP contribution in [-0.4, -0.2) is 52.3 Å². The third kappa shape index (κ3) is 5.93. The van der Waals surface area contributed by atoms with Gasteiger partial charge in [-0.05, 0) is 37.1 Å². The van der Waals surface area contributed by atoms with Gasteiger partial charge < -0.3 is 10.1 Å². The molecule has 1 N–H and O–H groups in total. The first-order valence-corrected chi connectivity index (χ1v) is 9.10. The summed E-state index contributed by atoms with van der Waals surface area (Å²) in [5, 5.41) is 2.77. The van der Waals surface area contributed by atoms with E-state index in [1.54, 1.807) is 0 Å². The first-order valence-electron chi connectivity index (χ1n) is 7.66. The Morgan fingerprint density at radius 3 is 2.25 bits per heavy atom. The number of carbonyl (C=O) groups is 2. The molecule has 0 saturated heterocycles. The fourth-order valence-electron chi connectivity index (χ4n) is 1.97. The summed E-state index contributed by atoms with van der Waals surface area (Å²) in [6.45, 7) is 0.498. The number of carbonyl (C=O) groups excluding carboxylic acids is 2. The number of amides is 1. The fourth-order valence-corrected chi connectivity index (χ4v) is 2.87. The Morgan fingerprint density at radius 1 is 1.08 bits per heavy atom. The average Bonchev–Trinajstić information content (AvgIpc) is 2.57. The summed E-state index contributed by atoms with van der Waals surface area (Å²) in [7, 11) is 0.776. The number of benzene rings is 1. The van der Waals surface area contributed by atoms with Crippen molar-refractivity contribution in [2.75, 3.05) is 27.7 Å². The normalized spacial score (nSPS) is 11.3. The van der Waals surface area contributed by atoms with E-state index in [0.717, 1.165) is 23.6 Å². The van der Waals surface area contributed by atoms with Crippen LogP contribution in [0.25, 0.3) is 0 Å². The molecule has 0 heterocycles. The lowest BCUT2D eigenvalue weighted by Gasteiger charge is -2.11. The van der Waals surface area contributed by atoms with Crippen molar-refractivity contribution in [3.63, 3.8) is 0 Å². The van der Waals surface area contributed by atoms with Crippen LogP contribution in [-0.2, 0) is 19.6 Å². The number of rotatable bonds is 9. The van der Waals surface area contributed by atoms with Crippen LogP contribution in [0.15, 0.2) is 29.2 Å². The topological polar surface area (TPSA) is 92.8 Å². The number of nitrogens with one attached hydrogen (secondary N) is 1. The van der Waals surface area contributed by atoms with Crippen molar-refractivity contribution in [1.29, 1.82) is 0 Å². The van der Waals surface area contributed by atoms with Crippen molar-refractivity contribution < 1.29 is 22.7 Å². The largest absolute Gasteiger partial charge is 0.469 e. The second-order valence-corrected chi connectivity index (χ2v) is 7.61. The highest BCUT2D eigenvalue weighted by atomic mass is 32.2. The van der Waals surface area contributed by atoms with Crippen LogP contribution >= 0.6 is 0 Å². The van der Waals surface area contributed by atoms with Gasteiger partial charge in [-0.1, -0.05) is 6.42 Å². The van der Waals surface area contributed by atoms with Crippen LogP contribution in [0.3, 0.4) is 0 Å². The van der Waals surface area contributed by atoms with Crippen molar-refractivity contribution in [1.82, 2.24) is 9.62 Å². The molecule has 7 nitrogen and oxygen atoms in total. The zero-order valence-electron chi connectivity index (χ0n) is 14.2. The summed E-state index contributed by atoms with van der Waals surface area (Å²) in [6, 6.07) is 5.81. The first kappa shape index (κ1) is 20.1. The molecule has 0 saturated carbocycles. The van der Waals surface area contributed by atoms with Gasteiger partial charge in [0.1, 0.15) is 0 Å². The molecule has 0 aliphatic heterocycles. The van der Waals surface area contributed by atoms with Crippen LogP contribution in [0, 0.1) is 0 Å². The van der Waals surface area contributed by atoms with E-state index in [9.17, 15) is 18.0 Å². The Balaban J connectivity index is 2.42. The van der Waals surface area contributed by atoms with Crippen LogP contribution in [0.5, 0.6) is 0 Å². The SMILES string of the molecule is COC(=O)CCCCCNC(=O)c1ccc(S(=O)(=O)N(C)C)cc1. The molecule has 134 valence electrons. The van der Waals surface area contributed by atoms with Gasteiger partial charge in [0.2, 0.25) is 10.0 Å². The average molecular weight is 356 g/mol. The molecular weight excluding hydrogens is 332 g/mol. The van der Waals surface area contributed by atoms with Gasteiger partial charge >= 0.3 is 5.97 Å². The molecule has 24 heavy (non-hydrogen) atoms. The van der Waals surface area contributed by atoms with Gasteiger partial charge in [-0.2, -0.15) is 0 Å². The van der Waals surface area contributed by atoms with Gasteiger partial charge in [0.05, 0.1) is 12.0 Å². The quantitative estimate of drug-likeness (QED) is 0.533. The van der Waals surface area contributed by atoms with E-state index in [2.05, 4.69) is 10.1 Å². The zero-order chi connectivity index (χ0) is 18.2. The maximum absolute atomic E-state index is 12.0. The summed E-state index contributed by atoms with van der Waals surface area (Å²) in [5.41, 5.74) is 0.405. The van der Waals surface area contributed by atoms with Gasteiger partial charge in [0.25, 0.3) is 5.91 Å². The van der Waals surface area contributed by atoms with Crippen LogP contribution in [0.4, 0.5) is 0 Å². The van der Waals surface area contributed by atoms with Gasteiger partial charge in [0.15, 0.2) is 0 Å². The Morgan fingerprint density at radius 2 is 1.71 bits per heavy atom. The van der Waals surface area contributed by atoms with Crippen molar-refractivity contribution in [2.45, 2.75) is 30.6 Å². The molecule has 8 heteroatoms. The molecule has 0 aliphatic carbocycles. The maximum Gasteiger partial charge on any atom is 0.305 e. The summed E-state index contributed by atoms with van der Waals surface area (Å²) in [4.78, 5) is 23.1. The summed E-state index contributed by atoms with van der Waals surface area (Å²) < 4.78 is 29.6. The summed E-state index contributed by atoms with van der Waals surface area (Å²) in [6.07, 6.45) is 2.68. The highest BCUT2D eigenvalue weighted by Gasteiger charge is 2.17. The number of ether oxygens (including phenoxy) is 1. The minimum atomic E-state index is -3.49. The Hall–Kier alpha value is -1.93. The van der Waals surface area contributed by atoms with Crippen molar-refractivity contribution in [3.8, 4) is 0 Å². The summed E-state index contributed by atoms with van der Waals surface area (Å²) >= 11 is 0. The van der Waals surface area contributed by atoms with E-state index in [0.29, 0.717) is 18.5 Å². The van der Waals surface area contributed by atoms with Crippen LogP contribution in [0.2, 0.25) is 0 Å². The molecule has 0 radical (unpaired) electrons. The van der Waals surface area contributed by atoms with Gasteiger partial charge in [-0.15, -0.1) is 0 Å². The summed E-state index contributed by atoms with van der Waals surface area (Å²) in [5.74, 6) is -0.483. The van der Waals surface area contributed by atoms with E-state index < -0.39 is 10.0 Å². The fraction of sp³-hybridized carbons (Fsp3) is 0.500. The van der Waals surface area contributed by atoms with E-state index in [-0.39, 0.29) is 16.8 Å². The molecule has 1 rings (SSSR count). The molecule has 0 bridgehead atoms. The zero-order valence-corrected chi connectivity index (χ0v) is 15.1. The second kappa shape index (κ2) is 9.39. The predicted octanol–water partition coefficient (Wildman–Crippen LogP) is 1.40. The third-order valence-corrected chi connectivity index (χ3v) is 5.30. The molecule has 0 atom stereocenters. The predicted molar refractivity (Wildman–Crippen MR) is 90.1 cm³/mol. The number of hydrogen-bond donors (Lipinski definition) is 1. The molecular formula is C16H24N2O5S. The van der Waals surface area contributed by atoms with E-state index >= 15 is 0 Å². The van der Waals surface area contributed by atoms with Gasteiger partial charge in [-0.25, -0.2) is 12.7 Å². The smallest absolute Gasteiger partial charge is 0.305 e. The third-order valence-electron chi connectivity index (χ3n) is 3.47.